The molecule has 3 heteroatoms. The van der Waals surface area contributed by atoms with Gasteiger partial charge in [-0.05, 0) is 25.8 Å². The largest absolute Gasteiger partial charge is 0.153 e. The summed E-state index contributed by atoms with van der Waals surface area (Å²) in [7, 11) is -1.41. The topological polar surface area (TPSA) is 0 Å². The monoisotopic (exact) mass is 294 g/mol. The van der Waals surface area contributed by atoms with Crippen molar-refractivity contribution in [1.29, 1.82) is 0 Å². The Hall–Kier alpha value is -0.383. The van der Waals surface area contributed by atoms with E-state index in [-0.39, 0.29) is 0 Å². The lowest BCUT2D eigenvalue weighted by molar-refractivity contribution is 0.698. The molecule has 0 saturated carbocycles. The normalized spacial score (nSPS) is 11.9. The standard InChI is InChI=1S/C15H22S2Si/c1-3-4-5-6-13-18(2,14-9-7-11-16-14)15-10-8-12-17-15/h7-12H,3-6,13H2,1-2H3. The summed E-state index contributed by atoms with van der Waals surface area (Å²) in [4.78, 5) is 0. The lowest BCUT2D eigenvalue weighted by atomic mass is 10.2. The third-order valence-electron chi connectivity index (χ3n) is 3.66. The van der Waals surface area contributed by atoms with Crippen LogP contribution in [0.15, 0.2) is 35.0 Å². The molecule has 0 atom stereocenters. The predicted molar refractivity (Wildman–Crippen MR) is 88.5 cm³/mol. The molecule has 0 aliphatic carbocycles. The molecule has 0 aliphatic rings. The van der Waals surface area contributed by atoms with Crippen LogP contribution in [0.25, 0.3) is 0 Å². The molecule has 0 N–H and O–H groups in total. The Morgan fingerprint density at radius 3 is 2.00 bits per heavy atom. The number of hydrogen-bond acceptors (Lipinski definition) is 2. The van der Waals surface area contributed by atoms with Crippen LogP contribution < -0.4 is 9.00 Å². The second kappa shape index (κ2) is 6.69. The van der Waals surface area contributed by atoms with E-state index in [1.54, 1.807) is 9.00 Å². The van der Waals surface area contributed by atoms with Crippen LogP contribution in [-0.2, 0) is 0 Å². The van der Waals surface area contributed by atoms with Crippen molar-refractivity contribution < 1.29 is 0 Å². The van der Waals surface area contributed by atoms with E-state index in [0.29, 0.717) is 0 Å². The zero-order valence-electron chi connectivity index (χ0n) is 11.3. The Bertz CT molecular complexity index is 397. The first kappa shape index (κ1) is 14.0. The van der Waals surface area contributed by atoms with Gasteiger partial charge in [-0.3, -0.25) is 0 Å². The highest BCUT2D eigenvalue weighted by Gasteiger charge is 2.33. The Morgan fingerprint density at radius 1 is 0.944 bits per heavy atom. The molecule has 2 aromatic heterocycles. The van der Waals surface area contributed by atoms with E-state index in [4.69, 9.17) is 0 Å². The van der Waals surface area contributed by atoms with Crippen LogP contribution in [0.5, 0.6) is 0 Å². The average Bonchev–Trinajstić information content (AvgIpc) is 3.05. The molecule has 0 nitrogen and oxygen atoms in total. The third-order valence-corrected chi connectivity index (χ3v) is 12.3. The molecule has 0 aromatic carbocycles. The molecule has 98 valence electrons. The van der Waals surface area contributed by atoms with Crippen molar-refractivity contribution in [3.63, 3.8) is 0 Å². The Morgan fingerprint density at radius 2 is 1.56 bits per heavy atom. The molecule has 0 aliphatic heterocycles. The van der Waals surface area contributed by atoms with Gasteiger partial charge in [0.15, 0.2) is 0 Å². The zero-order chi connectivity index (χ0) is 12.8. The molecule has 0 amide bonds. The molecule has 0 radical (unpaired) electrons. The first-order valence-electron chi connectivity index (χ1n) is 6.85. The molecule has 0 fully saturated rings. The van der Waals surface area contributed by atoms with Gasteiger partial charge in [0.1, 0.15) is 8.07 Å². The Labute approximate surface area is 120 Å². The van der Waals surface area contributed by atoms with Crippen molar-refractivity contribution in [3.8, 4) is 0 Å². The SMILES string of the molecule is CCCCCC[Si](C)(c1cccs1)c1cccs1. The third kappa shape index (κ3) is 3.14. The van der Waals surface area contributed by atoms with Crippen molar-refractivity contribution in [2.75, 3.05) is 0 Å². The van der Waals surface area contributed by atoms with Crippen LogP contribution in [0.4, 0.5) is 0 Å². The molecule has 2 aromatic rings. The minimum absolute atomic E-state index is 1.33. The summed E-state index contributed by atoms with van der Waals surface area (Å²) in [6.45, 7) is 4.84. The van der Waals surface area contributed by atoms with Gasteiger partial charge >= 0.3 is 0 Å². The second-order valence-corrected chi connectivity index (χ2v) is 12.0. The molecule has 2 heterocycles. The van der Waals surface area contributed by atoms with Gasteiger partial charge in [0.2, 0.25) is 0 Å². The van der Waals surface area contributed by atoms with Crippen LogP contribution in [0.3, 0.4) is 0 Å². The van der Waals surface area contributed by atoms with E-state index >= 15 is 0 Å². The van der Waals surface area contributed by atoms with E-state index in [1.807, 2.05) is 22.7 Å². The van der Waals surface area contributed by atoms with Crippen molar-refractivity contribution in [1.82, 2.24) is 0 Å². The minimum atomic E-state index is -1.41. The summed E-state index contributed by atoms with van der Waals surface area (Å²) >= 11 is 3.92. The van der Waals surface area contributed by atoms with Crippen molar-refractivity contribution >= 4 is 39.7 Å². The fourth-order valence-electron chi connectivity index (χ4n) is 2.46. The molecule has 18 heavy (non-hydrogen) atoms. The highest BCUT2D eigenvalue weighted by Crippen LogP contribution is 2.20. The summed E-state index contributed by atoms with van der Waals surface area (Å²) in [5.41, 5.74) is 0. The number of hydrogen-bond donors (Lipinski definition) is 0. The first-order valence-corrected chi connectivity index (χ1v) is 11.3. The van der Waals surface area contributed by atoms with Gasteiger partial charge < -0.3 is 0 Å². The highest BCUT2D eigenvalue weighted by atomic mass is 32.1. The Balaban J connectivity index is 2.13. The van der Waals surface area contributed by atoms with Gasteiger partial charge in [-0.25, -0.2) is 0 Å². The molecule has 0 unspecified atom stereocenters. The maximum atomic E-state index is 2.55. The predicted octanol–water partition coefficient (Wildman–Crippen LogP) is 4.58. The molecular weight excluding hydrogens is 272 g/mol. The summed E-state index contributed by atoms with van der Waals surface area (Å²) in [5, 5.41) is 4.47. The Kier molecular flexibility index (Phi) is 5.21. The van der Waals surface area contributed by atoms with E-state index in [2.05, 4.69) is 48.5 Å². The van der Waals surface area contributed by atoms with Crippen LogP contribution in [0, 0.1) is 0 Å². The van der Waals surface area contributed by atoms with Crippen molar-refractivity contribution in [2.45, 2.75) is 45.2 Å². The quantitative estimate of drug-likeness (QED) is 0.518. The lowest BCUT2D eigenvalue weighted by Gasteiger charge is -2.25. The zero-order valence-corrected chi connectivity index (χ0v) is 13.9. The fourth-order valence-corrected chi connectivity index (χ4v) is 9.96. The van der Waals surface area contributed by atoms with Gasteiger partial charge in [0, 0.05) is 0 Å². The van der Waals surface area contributed by atoms with Crippen LogP contribution in [0.1, 0.15) is 32.6 Å². The maximum absolute atomic E-state index is 2.55. The first-order chi connectivity index (χ1) is 8.77. The van der Waals surface area contributed by atoms with Gasteiger partial charge in [0.25, 0.3) is 0 Å². The smallest absolute Gasteiger partial charge is 0.140 e. The molecule has 2 rings (SSSR count). The molecule has 0 bridgehead atoms. The molecule has 0 spiro atoms. The number of rotatable bonds is 7. The lowest BCUT2D eigenvalue weighted by Crippen LogP contribution is -2.52. The van der Waals surface area contributed by atoms with Crippen LogP contribution in [0.2, 0.25) is 12.6 Å². The highest BCUT2D eigenvalue weighted by molar-refractivity contribution is 7.35. The molecular formula is C15H22S2Si. The van der Waals surface area contributed by atoms with Crippen molar-refractivity contribution in [2.24, 2.45) is 0 Å². The fraction of sp³-hybridized carbons (Fsp3) is 0.467. The maximum Gasteiger partial charge on any atom is 0.140 e. The van der Waals surface area contributed by atoms with Gasteiger partial charge in [-0.15, -0.1) is 0 Å². The van der Waals surface area contributed by atoms with Crippen molar-refractivity contribution in [3.05, 3.63) is 35.0 Å². The summed E-state index contributed by atoms with van der Waals surface area (Å²) < 4.78 is 3.31. The van der Waals surface area contributed by atoms with Gasteiger partial charge in [0.05, 0.1) is 0 Å². The summed E-state index contributed by atoms with van der Waals surface area (Å²) in [5.74, 6) is 0. The summed E-state index contributed by atoms with van der Waals surface area (Å²) in [6, 6.07) is 10.6. The van der Waals surface area contributed by atoms with E-state index in [9.17, 15) is 0 Å². The van der Waals surface area contributed by atoms with E-state index in [0.717, 1.165) is 0 Å². The minimum Gasteiger partial charge on any atom is -0.153 e. The second-order valence-electron chi connectivity index (χ2n) is 5.10. The van der Waals surface area contributed by atoms with Crippen LogP contribution >= 0.6 is 22.7 Å². The number of unbranched alkanes of at least 4 members (excludes halogenated alkanes) is 3. The van der Waals surface area contributed by atoms with Gasteiger partial charge in [-0.1, -0.05) is 63.4 Å². The van der Waals surface area contributed by atoms with Crippen LogP contribution in [-0.4, -0.2) is 8.07 Å². The number of thiophene rings is 2. The average molecular weight is 295 g/mol. The summed E-state index contributed by atoms with van der Waals surface area (Å²) in [6.07, 6.45) is 5.51. The molecule has 0 saturated heterocycles. The van der Waals surface area contributed by atoms with E-state index < -0.39 is 8.07 Å². The van der Waals surface area contributed by atoms with E-state index in [1.165, 1.54) is 31.7 Å². The van der Waals surface area contributed by atoms with Gasteiger partial charge in [-0.2, -0.15) is 22.7 Å².